The van der Waals surface area contributed by atoms with Crippen LogP contribution in [0, 0.1) is 6.92 Å². The van der Waals surface area contributed by atoms with E-state index in [2.05, 4.69) is 23.4 Å². The van der Waals surface area contributed by atoms with Crippen molar-refractivity contribution in [3.05, 3.63) is 30.0 Å². The molecule has 0 spiro atoms. The van der Waals surface area contributed by atoms with E-state index >= 15 is 0 Å². The second kappa shape index (κ2) is 5.46. The van der Waals surface area contributed by atoms with E-state index in [9.17, 15) is 8.42 Å². The maximum Gasteiger partial charge on any atom is 0.266 e. The fourth-order valence-corrected chi connectivity index (χ4v) is 3.57. The smallest absolute Gasteiger partial charge is 0.266 e. The van der Waals surface area contributed by atoms with Crippen LogP contribution in [0.1, 0.15) is 5.69 Å². The lowest BCUT2D eigenvalue weighted by Crippen LogP contribution is -2.16. The van der Waals surface area contributed by atoms with Crippen molar-refractivity contribution in [2.75, 3.05) is 11.8 Å². The topological polar surface area (TPSA) is 107 Å². The molecule has 0 aliphatic rings. The number of sulfonamides is 1. The molecule has 0 radical (unpaired) electrons. The van der Waals surface area contributed by atoms with Gasteiger partial charge in [0, 0.05) is 11.8 Å². The predicted octanol–water partition coefficient (Wildman–Crippen LogP) is 1.60. The summed E-state index contributed by atoms with van der Waals surface area (Å²) in [7, 11) is -2.43. The molecule has 3 aromatic rings. The number of nitrogens with one attached hydrogen (secondary N) is 1. The van der Waals surface area contributed by atoms with Crippen molar-refractivity contribution in [3.63, 3.8) is 0 Å². The van der Waals surface area contributed by atoms with Gasteiger partial charge in [-0.25, -0.2) is 18.1 Å². The Morgan fingerprint density at radius 3 is 2.82 bits per heavy atom. The van der Waals surface area contributed by atoms with Gasteiger partial charge in [0.1, 0.15) is 15.9 Å². The van der Waals surface area contributed by atoms with Crippen LogP contribution in [0.4, 0.5) is 5.95 Å². The molecule has 1 N–H and O–H groups in total. The number of methoxy groups -OCH3 is 1. The molecule has 10 heteroatoms. The molecule has 2 heterocycles. The summed E-state index contributed by atoms with van der Waals surface area (Å²) in [5.74, 6) is 0.218. The van der Waals surface area contributed by atoms with Gasteiger partial charge in [-0.15, -0.1) is 0 Å². The first kappa shape index (κ1) is 14.6. The van der Waals surface area contributed by atoms with Gasteiger partial charge in [-0.2, -0.15) is 13.7 Å². The molecule has 114 valence electrons. The maximum absolute atomic E-state index is 12.5. The van der Waals surface area contributed by atoms with Crippen LogP contribution in [-0.2, 0) is 10.0 Å². The molecule has 0 saturated heterocycles. The summed E-state index contributed by atoms with van der Waals surface area (Å²) in [6.45, 7) is 1.72. The van der Waals surface area contributed by atoms with E-state index in [-0.39, 0.29) is 16.7 Å². The number of fused-ring (bicyclic) bond motifs is 1. The Hall–Kier alpha value is -2.33. The summed E-state index contributed by atoms with van der Waals surface area (Å²) in [6, 6.07) is 6.36. The summed E-state index contributed by atoms with van der Waals surface area (Å²) >= 11 is 0.954. The third-order valence-corrected chi connectivity index (χ3v) is 4.71. The van der Waals surface area contributed by atoms with Gasteiger partial charge in [-0.3, -0.25) is 0 Å². The number of hydrogen-bond donors (Lipinski definition) is 1. The highest BCUT2D eigenvalue weighted by atomic mass is 32.2. The van der Waals surface area contributed by atoms with Crippen LogP contribution in [0.5, 0.6) is 5.88 Å². The van der Waals surface area contributed by atoms with Crippen molar-refractivity contribution < 1.29 is 13.2 Å². The van der Waals surface area contributed by atoms with Gasteiger partial charge in [0.25, 0.3) is 10.0 Å². The van der Waals surface area contributed by atoms with Crippen LogP contribution in [-0.4, -0.2) is 34.2 Å². The predicted molar refractivity (Wildman–Crippen MR) is 81.5 cm³/mol. The number of ether oxygens (including phenoxy) is 1. The Morgan fingerprint density at radius 2 is 2.05 bits per heavy atom. The molecule has 0 aliphatic carbocycles. The minimum atomic E-state index is -3.88. The molecule has 0 atom stereocenters. The zero-order valence-corrected chi connectivity index (χ0v) is 13.3. The van der Waals surface area contributed by atoms with Crippen LogP contribution in [0.2, 0.25) is 0 Å². The molecule has 0 fully saturated rings. The second-order valence-corrected chi connectivity index (χ2v) is 6.55. The molecule has 0 amide bonds. The van der Waals surface area contributed by atoms with Gasteiger partial charge >= 0.3 is 0 Å². The van der Waals surface area contributed by atoms with Crippen molar-refractivity contribution >= 4 is 38.7 Å². The van der Waals surface area contributed by atoms with E-state index < -0.39 is 10.0 Å². The Kier molecular flexibility index (Phi) is 3.62. The van der Waals surface area contributed by atoms with Gasteiger partial charge < -0.3 is 4.74 Å². The number of nitrogens with zero attached hydrogens (tertiary/aromatic N) is 4. The summed E-state index contributed by atoms with van der Waals surface area (Å²) in [5.41, 5.74) is 1.42. The molecule has 8 nitrogen and oxygen atoms in total. The summed E-state index contributed by atoms with van der Waals surface area (Å²) in [6.07, 6.45) is 0. The monoisotopic (exact) mass is 337 g/mol. The molecule has 0 bridgehead atoms. The molecule has 0 aliphatic heterocycles. The largest absolute Gasteiger partial charge is 0.481 e. The first-order chi connectivity index (χ1) is 10.5. The number of aromatic nitrogens is 4. The number of hydrogen-bond acceptors (Lipinski definition) is 8. The Bertz CT molecular complexity index is 939. The Morgan fingerprint density at radius 1 is 1.23 bits per heavy atom. The Labute approximate surface area is 130 Å². The molecule has 0 saturated carbocycles. The summed E-state index contributed by atoms with van der Waals surface area (Å²) in [4.78, 5) is 8.05. The van der Waals surface area contributed by atoms with Gasteiger partial charge in [0.15, 0.2) is 0 Å². The van der Waals surface area contributed by atoms with E-state index in [0.29, 0.717) is 16.7 Å². The average molecular weight is 337 g/mol. The molecular weight excluding hydrogens is 326 g/mol. The van der Waals surface area contributed by atoms with Crippen molar-refractivity contribution in [3.8, 4) is 5.88 Å². The van der Waals surface area contributed by atoms with Crippen LogP contribution >= 0.6 is 11.7 Å². The minimum Gasteiger partial charge on any atom is -0.481 e. The lowest BCUT2D eigenvalue weighted by atomic mass is 10.3. The van der Waals surface area contributed by atoms with Crippen molar-refractivity contribution in [2.24, 2.45) is 0 Å². The van der Waals surface area contributed by atoms with E-state index in [1.54, 1.807) is 25.1 Å². The molecule has 2 aromatic heterocycles. The highest BCUT2D eigenvalue weighted by Gasteiger charge is 2.21. The lowest BCUT2D eigenvalue weighted by Gasteiger charge is -2.08. The highest BCUT2D eigenvalue weighted by molar-refractivity contribution is 7.93. The van der Waals surface area contributed by atoms with E-state index in [1.807, 2.05) is 0 Å². The summed E-state index contributed by atoms with van der Waals surface area (Å²) in [5, 5.41) is 0. The van der Waals surface area contributed by atoms with Crippen LogP contribution in [0.15, 0.2) is 29.2 Å². The minimum absolute atomic E-state index is 0.0304. The van der Waals surface area contributed by atoms with Crippen molar-refractivity contribution in [1.29, 1.82) is 0 Å². The first-order valence-corrected chi connectivity index (χ1v) is 8.35. The molecular formula is C12H11N5O3S2. The fraction of sp³-hybridized carbons (Fsp3) is 0.167. The highest BCUT2D eigenvalue weighted by Crippen LogP contribution is 2.23. The zero-order valence-electron chi connectivity index (χ0n) is 11.6. The molecule has 3 rings (SSSR count). The Balaban J connectivity index is 2.04. The SMILES string of the molecule is COc1cc(C)nc(NS(=O)(=O)c2cccc3nsnc23)n1. The lowest BCUT2D eigenvalue weighted by molar-refractivity contribution is 0.397. The first-order valence-electron chi connectivity index (χ1n) is 6.13. The van der Waals surface area contributed by atoms with Gasteiger partial charge in [0.2, 0.25) is 11.8 Å². The number of aryl methyl sites for hydroxylation is 1. The second-order valence-electron chi connectivity index (χ2n) is 4.37. The van der Waals surface area contributed by atoms with Crippen LogP contribution < -0.4 is 9.46 Å². The third-order valence-electron chi connectivity index (χ3n) is 2.80. The number of rotatable bonds is 4. The number of anilines is 1. The standard InChI is InChI=1S/C12H11N5O3S2/c1-7-6-10(20-2)14-12(13-7)17-22(18,19)9-5-3-4-8-11(9)16-21-15-8/h3-6H,1-2H3,(H,13,14,17). The van der Waals surface area contributed by atoms with E-state index in [4.69, 9.17) is 4.74 Å². The zero-order chi connectivity index (χ0) is 15.7. The summed E-state index contributed by atoms with van der Waals surface area (Å²) < 4.78 is 40.5. The average Bonchev–Trinajstić information content (AvgIpc) is 2.94. The normalized spacial score (nSPS) is 11.5. The van der Waals surface area contributed by atoms with Crippen molar-refractivity contribution in [1.82, 2.24) is 18.7 Å². The quantitative estimate of drug-likeness (QED) is 0.770. The van der Waals surface area contributed by atoms with Crippen LogP contribution in [0.25, 0.3) is 11.0 Å². The van der Waals surface area contributed by atoms with Gasteiger partial charge in [0.05, 0.1) is 18.8 Å². The maximum atomic E-state index is 12.5. The molecule has 0 unspecified atom stereocenters. The molecule has 1 aromatic carbocycles. The van der Waals surface area contributed by atoms with E-state index in [0.717, 1.165) is 11.7 Å². The van der Waals surface area contributed by atoms with E-state index in [1.165, 1.54) is 13.2 Å². The number of benzene rings is 1. The van der Waals surface area contributed by atoms with Crippen LogP contribution in [0.3, 0.4) is 0 Å². The van der Waals surface area contributed by atoms with Gasteiger partial charge in [-0.05, 0) is 19.1 Å². The third kappa shape index (κ3) is 2.70. The molecule has 22 heavy (non-hydrogen) atoms. The van der Waals surface area contributed by atoms with Gasteiger partial charge in [-0.1, -0.05) is 6.07 Å². The van der Waals surface area contributed by atoms with Crippen molar-refractivity contribution in [2.45, 2.75) is 11.8 Å². The fourth-order valence-electron chi connectivity index (χ4n) is 1.86.